The van der Waals surface area contributed by atoms with Crippen LogP contribution in [-0.4, -0.2) is 28.5 Å². The molecule has 0 saturated heterocycles. The number of benzene rings is 1. The van der Waals surface area contributed by atoms with Crippen molar-refractivity contribution in [3.63, 3.8) is 0 Å². The number of hydrogen-bond acceptors (Lipinski definition) is 6. The van der Waals surface area contributed by atoms with E-state index in [1.165, 1.54) is 12.4 Å². The lowest BCUT2D eigenvalue weighted by atomic mass is 10.1. The molecule has 0 spiro atoms. The summed E-state index contributed by atoms with van der Waals surface area (Å²) >= 11 is 0. The topological polar surface area (TPSA) is 87.0 Å². The van der Waals surface area contributed by atoms with Crippen molar-refractivity contribution in [3.8, 4) is 11.5 Å². The van der Waals surface area contributed by atoms with Crippen LogP contribution in [0.15, 0.2) is 35.6 Å². The van der Waals surface area contributed by atoms with Gasteiger partial charge in [-0.05, 0) is 19.1 Å². The maximum absolute atomic E-state index is 9.99. The summed E-state index contributed by atoms with van der Waals surface area (Å²) in [7, 11) is 1.58. The molecule has 6 heteroatoms. The van der Waals surface area contributed by atoms with Crippen molar-refractivity contribution in [1.29, 1.82) is 0 Å². The Balaban J connectivity index is 2.24. The van der Waals surface area contributed by atoms with E-state index in [2.05, 4.69) is 15.5 Å². The van der Waals surface area contributed by atoms with Crippen LogP contribution in [0.1, 0.15) is 16.8 Å². The molecule has 0 aliphatic carbocycles. The zero-order chi connectivity index (χ0) is 15.2. The van der Waals surface area contributed by atoms with E-state index >= 15 is 0 Å². The van der Waals surface area contributed by atoms with Gasteiger partial charge in [-0.3, -0.25) is 10.4 Å². The number of ether oxygens (including phenoxy) is 1. The number of pyridine rings is 1. The summed E-state index contributed by atoms with van der Waals surface area (Å²) in [6.45, 7) is 1.46. The van der Waals surface area contributed by atoms with E-state index in [1.807, 2.05) is 24.3 Å². The lowest BCUT2D eigenvalue weighted by Crippen LogP contribution is -2.00. The van der Waals surface area contributed by atoms with Crippen LogP contribution in [0.2, 0.25) is 0 Å². The second kappa shape index (κ2) is 6.71. The molecule has 3 N–H and O–H groups in total. The van der Waals surface area contributed by atoms with Gasteiger partial charge in [0.05, 0.1) is 31.3 Å². The minimum Gasteiger partial charge on any atom is -0.505 e. The molecule has 0 unspecified atom stereocenters. The molecule has 0 fully saturated rings. The van der Waals surface area contributed by atoms with Gasteiger partial charge in [0.2, 0.25) is 0 Å². The number of hydrogen-bond donors (Lipinski definition) is 3. The molecule has 2 aromatic rings. The first-order chi connectivity index (χ1) is 10.2. The van der Waals surface area contributed by atoms with E-state index in [4.69, 9.17) is 4.74 Å². The molecule has 0 atom stereocenters. The Morgan fingerprint density at radius 1 is 1.38 bits per heavy atom. The average molecular weight is 287 g/mol. The Morgan fingerprint density at radius 2 is 2.14 bits per heavy atom. The Kier molecular flexibility index (Phi) is 4.73. The van der Waals surface area contributed by atoms with E-state index < -0.39 is 0 Å². The SMILES string of the molecule is COc1ccccc1NN=Cc1c(CO)cnc(C)c1O. The number of aliphatic hydroxyl groups is 1. The molecule has 6 nitrogen and oxygen atoms in total. The molecular formula is C15H17N3O3. The number of nitrogens with zero attached hydrogens (tertiary/aromatic N) is 2. The van der Waals surface area contributed by atoms with Crippen LogP contribution in [0.4, 0.5) is 5.69 Å². The van der Waals surface area contributed by atoms with Gasteiger partial charge in [-0.2, -0.15) is 5.10 Å². The van der Waals surface area contributed by atoms with Crippen LogP contribution in [0.3, 0.4) is 0 Å². The second-order valence-electron chi connectivity index (χ2n) is 4.36. The lowest BCUT2D eigenvalue weighted by molar-refractivity contribution is 0.280. The summed E-state index contributed by atoms with van der Waals surface area (Å²) in [6, 6.07) is 7.34. The molecular weight excluding hydrogens is 270 g/mol. The van der Waals surface area contributed by atoms with Crippen LogP contribution in [0.5, 0.6) is 11.5 Å². The fourth-order valence-corrected chi connectivity index (χ4v) is 1.83. The molecule has 0 aliphatic heterocycles. The minimum atomic E-state index is -0.225. The molecule has 0 radical (unpaired) electrons. The largest absolute Gasteiger partial charge is 0.505 e. The van der Waals surface area contributed by atoms with Crippen molar-refractivity contribution in [3.05, 3.63) is 47.3 Å². The van der Waals surface area contributed by atoms with Crippen LogP contribution >= 0.6 is 0 Å². The van der Waals surface area contributed by atoms with Gasteiger partial charge < -0.3 is 14.9 Å². The van der Waals surface area contributed by atoms with Crippen molar-refractivity contribution in [1.82, 2.24) is 4.98 Å². The fraction of sp³-hybridized carbons (Fsp3) is 0.200. The summed E-state index contributed by atoms with van der Waals surface area (Å²) in [4.78, 5) is 3.99. The number of aryl methyl sites for hydroxylation is 1. The Morgan fingerprint density at radius 3 is 2.86 bits per heavy atom. The molecule has 0 bridgehead atoms. The van der Waals surface area contributed by atoms with Gasteiger partial charge in [-0.25, -0.2) is 0 Å². The van der Waals surface area contributed by atoms with Gasteiger partial charge in [-0.15, -0.1) is 0 Å². The first-order valence-electron chi connectivity index (χ1n) is 6.37. The molecule has 1 aromatic heterocycles. The maximum Gasteiger partial charge on any atom is 0.145 e. The Hall–Kier alpha value is -2.60. The summed E-state index contributed by atoms with van der Waals surface area (Å²) < 4.78 is 5.20. The predicted octanol–water partition coefficient (Wildman–Crippen LogP) is 2.04. The minimum absolute atomic E-state index is 0.00660. The number of aliphatic hydroxyl groups excluding tert-OH is 1. The second-order valence-corrected chi connectivity index (χ2v) is 4.36. The smallest absolute Gasteiger partial charge is 0.145 e. The molecule has 1 aromatic carbocycles. The quantitative estimate of drug-likeness (QED) is 0.578. The summed E-state index contributed by atoms with van der Waals surface area (Å²) in [5.41, 5.74) is 4.96. The van der Waals surface area contributed by atoms with Crippen LogP contribution < -0.4 is 10.2 Å². The Labute approximate surface area is 122 Å². The zero-order valence-electron chi connectivity index (χ0n) is 11.9. The van der Waals surface area contributed by atoms with E-state index in [0.717, 1.165) is 0 Å². The molecule has 0 aliphatic rings. The third-order valence-corrected chi connectivity index (χ3v) is 3.01. The molecule has 21 heavy (non-hydrogen) atoms. The van der Waals surface area contributed by atoms with Gasteiger partial charge in [0, 0.05) is 17.3 Å². The van der Waals surface area contributed by atoms with E-state index in [-0.39, 0.29) is 12.4 Å². The van der Waals surface area contributed by atoms with Crippen LogP contribution in [0, 0.1) is 6.92 Å². The first-order valence-corrected chi connectivity index (χ1v) is 6.37. The lowest BCUT2D eigenvalue weighted by Gasteiger charge is -2.08. The van der Waals surface area contributed by atoms with Crippen molar-refractivity contribution in [2.75, 3.05) is 12.5 Å². The average Bonchev–Trinajstić information content (AvgIpc) is 2.52. The zero-order valence-corrected chi connectivity index (χ0v) is 11.9. The predicted molar refractivity (Wildman–Crippen MR) is 80.8 cm³/mol. The highest BCUT2D eigenvalue weighted by atomic mass is 16.5. The van der Waals surface area contributed by atoms with Crippen molar-refractivity contribution < 1.29 is 14.9 Å². The summed E-state index contributed by atoms with van der Waals surface area (Å²) in [5.74, 6) is 0.666. The van der Waals surface area contributed by atoms with Crippen molar-refractivity contribution >= 4 is 11.9 Å². The third kappa shape index (κ3) is 3.29. The number of aromatic hydroxyl groups is 1. The highest BCUT2D eigenvalue weighted by Gasteiger charge is 2.09. The third-order valence-electron chi connectivity index (χ3n) is 3.01. The Bertz CT molecular complexity index is 657. The van der Waals surface area contributed by atoms with E-state index in [0.29, 0.717) is 28.3 Å². The number of anilines is 1. The van der Waals surface area contributed by atoms with Crippen molar-refractivity contribution in [2.24, 2.45) is 5.10 Å². The van der Waals surface area contributed by atoms with Gasteiger partial charge in [0.15, 0.2) is 0 Å². The number of aromatic nitrogens is 1. The first kappa shape index (κ1) is 14.8. The van der Waals surface area contributed by atoms with E-state index in [9.17, 15) is 10.2 Å². The number of rotatable bonds is 5. The molecule has 0 amide bonds. The summed E-state index contributed by atoms with van der Waals surface area (Å²) in [6.07, 6.45) is 2.96. The monoisotopic (exact) mass is 287 g/mol. The normalized spacial score (nSPS) is 10.8. The number of methoxy groups -OCH3 is 1. The van der Waals surface area contributed by atoms with Crippen LogP contribution in [0.25, 0.3) is 0 Å². The van der Waals surface area contributed by atoms with Gasteiger partial charge in [0.1, 0.15) is 11.5 Å². The molecule has 2 rings (SSSR count). The van der Waals surface area contributed by atoms with Crippen molar-refractivity contribution in [2.45, 2.75) is 13.5 Å². The number of hydrazone groups is 1. The van der Waals surface area contributed by atoms with Gasteiger partial charge >= 0.3 is 0 Å². The van der Waals surface area contributed by atoms with Crippen LogP contribution in [-0.2, 0) is 6.61 Å². The molecule has 1 heterocycles. The number of para-hydroxylation sites is 2. The fourth-order valence-electron chi connectivity index (χ4n) is 1.83. The standard InChI is InChI=1S/C15H17N3O3/c1-10-15(20)12(11(9-19)7-16-10)8-17-18-13-5-3-4-6-14(13)21-2/h3-8,18-20H,9H2,1-2H3. The maximum atomic E-state index is 9.99. The highest BCUT2D eigenvalue weighted by Crippen LogP contribution is 2.24. The molecule has 110 valence electrons. The van der Waals surface area contributed by atoms with Gasteiger partial charge in [-0.1, -0.05) is 12.1 Å². The summed E-state index contributed by atoms with van der Waals surface area (Å²) in [5, 5.41) is 23.3. The highest BCUT2D eigenvalue weighted by molar-refractivity contribution is 5.86. The molecule has 0 saturated carbocycles. The number of nitrogens with one attached hydrogen (secondary N) is 1. The van der Waals surface area contributed by atoms with E-state index in [1.54, 1.807) is 14.0 Å². The van der Waals surface area contributed by atoms with Gasteiger partial charge in [0.25, 0.3) is 0 Å².